The molecule has 17 heavy (non-hydrogen) atoms. The Labute approximate surface area is 103 Å². The summed E-state index contributed by atoms with van der Waals surface area (Å²) in [6.45, 7) is 8.26. The number of nitrogens with one attached hydrogen (secondary N) is 1. The molecule has 2 rings (SSSR count). The highest BCUT2D eigenvalue weighted by atomic mass is 16.3. The van der Waals surface area contributed by atoms with Gasteiger partial charge in [0.05, 0.1) is 6.54 Å². The quantitative estimate of drug-likeness (QED) is 0.846. The maximum absolute atomic E-state index is 5.87. The minimum Gasteiger partial charge on any atom is -0.459 e. The molecular weight excluding hydrogens is 210 g/mol. The first kappa shape index (κ1) is 12.2. The highest BCUT2D eigenvalue weighted by Gasteiger charge is 2.10. The molecule has 2 aromatic rings. The van der Waals surface area contributed by atoms with Gasteiger partial charge in [0.2, 0.25) is 0 Å². The van der Waals surface area contributed by atoms with Gasteiger partial charge >= 0.3 is 0 Å². The van der Waals surface area contributed by atoms with E-state index in [9.17, 15) is 0 Å². The van der Waals surface area contributed by atoms with Crippen LogP contribution in [-0.2, 0) is 13.0 Å². The van der Waals surface area contributed by atoms with Crippen LogP contribution in [-0.4, -0.2) is 6.54 Å². The maximum Gasteiger partial charge on any atom is 0.134 e. The van der Waals surface area contributed by atoms with Crippen molar-refractivity contribution in [2.75, 3.05) is 6.54 Å². The molecule has 0 bridgehead atoms. The van der Waals surface area contributed by atoms with Gasteiger partial charge in [-0.2, -0.15) is 0 Å². The number of aryl methyl sites for hydroxylation is 2. The summed E-state index contributed by atoms with van der Waals surface area (Å²) in [5, 5.41) is 4.58. The fraction of sp³-hybridized carbons (Fsp3) is 0.467. The number of hydrogen-bond donors (Lipinski definition) is 1. The van der Waals surface area contributed by atoms with Crippen molar-refractivity contribution >= 4 is 11.0 Å². The summed E-state index contributed by atoms with van der Waals surface area (Å²) >= 11 is 0. The minimum absolute atomic E-state index is 0.820. The third-order valence-electron chi connectivity index (χ3n) is 3.17. The van der Waals surface area contributed by atoms with Crippen molar-refractivity contribution in [3.05, 3.63) is 35.1 Å². The van der Waals surface area contributed by atoms with E-state index in [0.29, 0.717) is 0 Å². The molecule has 2 nitrogen and oxygen atoms in total. The van der Waals surface area contributed by atoms with Crippen LogP contribution in [0.15, 0.2) is 22.6 Å². The van der Waals surface area contributed by atoms with Gasteiger partial charge in [0.1, 0.15) is 11.3 Å². The summed E-state index contributed by atoms with van der Waals surface area (Å²) in [7, 11) is 0. The zero-order valence-corrected chi connectivity index (χ0v) is 11.0. The Bertz CT molecular complexity index is 499. The van der Waals surface area contributed by atoms with E-state index in [1.54, 1.807) is 0 Å². The molecule has 0 saturated carbocycles. The van der Waals surface area contributed by atoms with Crippen LogP contribution >= 0.6 is 0 Å². The fourth-order valence-electron chi connectivity index (χ4n) is 2.17. The zero-order chi connectivity index (χ0) is 12.3. The summed E-state index contributed by atoms with van der Waals surface area (Å²) < 4.78 is 5.87. The molecule has 1 N–H and O–H groups in total. The second kappa shape index (κ2) is 5.37. The van der Waals surface area contributed by atoms with E-state index in [2.05, 4.69) is 44.3 Å². The van der Waals surface area contributed by atoms with Crippen LogP contribution in [0.1, 0.15) is 37.2 Å². The first-order valence-electron chi connectivity index (χ1n) is 6.47. The van der Waals surface area contributed by atoms with Crippen LogP contribution in [0.4, 0.5) is 0 Å². The molecule has 92 valence electrons. The number of benzene rings is 1. The SMILES string of the molecule is CCCc1ccc2oc(CNCC)c(C)c2c1. The largest absolute Gasteiger partial charge is 0.459 e. The molecule has 0 saturated heterocycles. The lowest BCUT2D eigenvalue weighted by Crippen LogP contribution is -2.11. The van der Waals surface area contributed by atoms with Gasteiger partial charge in [-0.3, -0.25) is 0 Å². The van der Waals surface area contributed by atoms with Gasteiger partial charge in [-0.05, 0) is 43.1 Å². The van der Waals surface area contributed by atoms with Crippen LogP contribution in [0.25, 0.3) is 11.0 Å². The molecule has 0 fully saturated rings. The first-order chi connectivity index (χ1) is 8.26. The molecule has 0 spiro atoms. The smallest absolute Gasteiger partial charge is 0.134 e. The Kier molecular flexibility index (Phi) is 3.85. The standard InChI is InChI=1S/C15H21NO/c1-4-6-12-7-8-14-13(9-12)11(3)15(17-14)10-16-5-2/h7-9,16H,4-6,10H2,1-3H3. The number of hydrogen-bond acceptors (Lipinski definition) is 2. The summed E-state index contributed by atoms with van der Waals surface area (Å²) in [4.78, 5) is 0. The second-order valence-electron chi connectivity index (χ2n) is 4.51. The van der Waals surface area contributed by atoms with E-state index in [1.165, 1.54) is 22.9 Å². The Morgan fingerprint density at radius 2 is 2.06 bits per heavy atom. The summed E-state index contributed by atoms with van der Waals surface area (Å²) in [6.07, 6.45) is 2.33. The van der Waals surface area contributed by atoms with E-state index in [1.807, 2.05) is 0 Å². The molecule has 0 unspecified atom stereocenters. The van der Waals surface area contributed by atoms with E-state index in [0.717, 1.165) is 30.9 Å². The molecule has 1 aromatic heterocycles. The van der Waals surface area contributed by atoms with Crippen molar-refractivity contribution in [2.24, 2.45) is 0 Å². The van der Waals surface area contributed by atoms with Crippen LogP contribution in [0.5, 0.6) is 0 Å². The first-order valence-corrected chi connectivity index (χ1v) is 6.47. The number of rotatable bonds is 5. The predicted molar refractivity (Wildman–Crippen MR) is 72.3 cm³/mol. The van der Waals surface area contributed by atoms with Crippen molar-refractivity contribution < 1.29 is 4.42 Å². The molecule has 0 aliphatic rings. The molecule has 0 amide bonds. The van der Waals surface area contributed by atoms with Gasteiger partial charge in [-0.1, -0.05) is 26.3 Å². The van der Waals surface area contributed by atoms with Gasteiger partial charge in [0.25, 0.3) is 0 Å². The van der Waals surface area contributed by atoms with Gasteiger partial charge in [0.15, 0.2) is 0 Å². The van der Waals surface area contributed by atoms with Crippen molar-refractivity contribution in [2.45, 2.75) is 40.2 Å². The lowest BCUT2D eigenvalue weighted by molar-refractivity contribution is 0.516. The van der Waals surface area contributed by atoms with Crippen LogP contribution < -0.4 is 5.32 Å². The lowest BCUT2D eigenvalue weighted by atomic mass is 10.1. The maximum atomic E-state index is 5.87. The van der Waals surface area contributed by atoms with Gasteiger partial charge in [-0.25, -0.2) is 0 Å². The fourth-order valence-corrected chi connectivity index (χ4v) is 2.17. The van der Waals surface area contributed by atoms with Gasteiger partial charge < -0.3 is 9.73 Å². The molecule has 1 aromatic carbocycles. The van der Waals surface area contributed by atoms with Gasteiger partial charge in [0, 0.05) is 5.39 Å². The average molecular weight is 231 g/mol. The molecule has 0 aliphatic heterocycles. The van der Waals surface area contributed by atoms with E-state index >= 15 is 0 Å². The van der Waals surface area contributed by atoms with Crippen molar-refractivity contribution in [3.8, 4) is 0 Å². The van der Waals surface area contributed by atoms with E-state index in [4.69, 9.17) is 4.42 Å². The molecule has 1 heterocycles. The van der Waals surface area contributed by atoms with Crippen LogP contribution in [0.2, 0.25) is 0 Å². The Balaban J connectivity index is 2.36. The molecular formula is C15H21NO. The third kappa shape index (κ3) is 2.52. The van der Waals surface area contributed by atoms with Gasteiger partial charge in [-0.15, -0.1) is 0 Å². The lowest BCUT2D eigenvalue weighted by Gasteiger charge is -1.98. The van der Waals surface area contributed by atoms with Crippen LogP contribution in [0.3, 0.4) is 0 Å². The molecule has 0 aliphatic carbocycles. The third-order valence-corrected chi connectivity index (χ3v) is 3.17. The number of furan rings is 1. The molecule has 0 radical (unpaired) electrons. The van der Waals surface area contributed by atoms with E-state index < -0.39 is 0 Å². The van der Waals surface area contributed by atoms with Crippen LogP contribution in [0, 0.1) is 6.92 Å². The topological polar surface area (TPSA) is 25.2 Å². The highest BCUT2D eigenvalue weighted by molar-refractivity contribution is 5.82. The minimum atomic E-state index is 0.820. The monoisotopic (exact) mass is 231 g/mol. The van der Waals surface area contributed by atoms with Crippen molar-refractivity contribution in [1.29, 1.82) is 0 Å². The molecule has 2 heteroatoms. The van der Waals surface area contributed by atoms with Crippen molar-refractivity contribution in [1.82, 2.24) is 5.32 Å². The summed E-state index contributed by atoms with van der Waals surface area (Å²) in [5.41, 5.74) is 3.69. The van der Waals surface area contributed by atoms with E-state index in [-0.39, 0.29) is 0 Å². The second-order valence-corrected chi connectivity index (χ2v) is 4.51. The number of fused-ring (bicyclic) bond motifs is 1. The summed E-state index contributed by atoms with van der Waals surface area (Å²) in [6, 6.07) is 6.54. The summed E-state index contributed by atoms with van der Waals surface area (Å²) in [5.74, 6) is 1.07. The Morgan fingerprint density at radius 1 is 1.24 bits per heavy atom. The predicted octanol–water partition coefficient (Wildman–Crippen LogP) is 3.80. The normalized spacial score (nSPS) is 11.2. The Morgan fingerprint density at radius 3 is 2.76 bits per heavy atom. The molecule has 0 atom stereocenters. The average Bonchev–Trinajstić information content (AvgIpc) is 2.64. The highest BCUT2D eigenvalue weighted by Crippen LogP contribution is 2.26. The Hall–Kier alpha value is -1.28. The van der Waals surface area contributed by atoms with Crippen molar-refractivity contribution in [3.63, 3.8) is 0 Å². The zero-order valence-electron chi connectivity index (χ0n) is 11.0.